The van der Waals surface area contributed by atoms with Gasteiger partial charge in [0.05, 0.1) is 0 Å². The third-order valence-corrected chi connectivity index (χ3v) is 4.58. The third-order valence-electron chi connectivity index (χ3n) is 3.56. The van der Waals surface area contributed by atoms with Crippen LogP contribution in [0.4, 0.5) is 0 Å². The van der Waals surface area contributed by atoms with Crippen LogP contribution in [0.15, 0.2) is 42.5 Å². The molecule has 0 saturated carbocycles. The predicted molar refractivity (Wildman–Crippen MR) is 87.6 cm³/mol. The summed E-state index contributed by atoms with van der Waals surface area (Å²) in [5.41, 5.74) is 5.38. The molecule has 100 valence electrons. The first-order valence-corrected chi connectivity index (χ1v) is 7.97. The molecule has 0 aliphatic rings. The van der Waals surface area contributed by atoms with Gasteiger partial charge in [0.25, 0.3) is 0 Å². The summed E-state index contributed by atoms with van der Waals surface area (Å²) >= 11 is 9.70. The van der Waals surface area contributed by atoms with Crippen LogP contribution in [-0.2, 0) is 6.42 Å². The Morgan fingerprint density at radius 3 is 2.47 bits per heavy atom. The van der Waals surface area contributed by atoms with Crippen molar-refractivity contribution in [3.8, 4) is 0 Å². The number of hydrogen-bond donors (Lipinski definition) is 0. The Morgan fingerprint density at radius 2 is 1.84 bits per heavy atom. The Labute approximate surface area is 128 Å². The minimum absolute atomic E-state index is 0.459. The predicted octanol–water partition coefficient (Wildman–Crippen LogP) is 5.68. The molecule has 2 aromatic rings. The van der Waals surface area contributed by atoms with E-state index in [9.17, 15) is 0 Å². The topological polar surface area (TPSA) is 0 Å². The van der Waals surface area contributed by atoms with Gasteiger partial charge in [0.15, 0.2) is 0 Å². The van der Waals surface area contributed by atoms with E-state index in [0.29, 0.717) is 5.92 Å². The number of benzene rings is 2. The van der Waals surface area contributed by atoms with Crippen molar-refractivity contribution in [2.45, 2.75) is 26.2 Å². The molecule has 2 aromatic carbocycles. The van der Waals surface area contributed by atoms with Gasteiger partial charge >= 0.3 is 0 Å². The largest absolute Gasteiger partial charge is 0.0921 e. The van der Waals surface area contributed by atoms with Crippen molar-refractivity contribution in [1.82, 2.24) is 0 Å². The summed E-state index contributed by atoms with van der Waals surface area (Å²) in [6.45, 7) is 4.32. The molecule has 0 N–H and O–H groups in total. The van der Waals surface area contributed by atoms with Gasteiger partial charge in [-0.05, 0) is 60.6 Å². The Bertz CT molecular complexity index is 563. The number of hydrogen-bond acceptors (Lipinski definition) is 0. The summed E-state index contributed by atoms with van der Waals surface area (Å²) in [5.74, 6) is 0.459. The lowest BCUT2D eigenvalue weighted by Gasteiger charge is -2.16. The molecule has 0 radical (unpaired) electrons. The summed E-state index contributed by atoms with van der Waals surface area (Å²) in [4.78, 5) is 0. The lowest BCUT2D eigenvalue weighted by molar-refractivity contribution is 0.774. The molecule has 0 nitrogen and oxygen atoms in total. The van der Waals surface area contributed by atoms with E-state index in [4.69, 9.17) is 11.6 Å². The van der Waals surface area contributed by atoms with Gasteiger partial charge in [-0.2, -0.15) is 0 Å². The van der Waals surface area contributed by atoms with E-state index >= 15 is 0 Å². The van der Waals surface area contributed by atoms with Crippen LogP contribution < -0.4 is 0 Å². The van der Waals surface area contributed by atoms with Crippen LogP contribution in [0.1, 0.15) is 28.2 Å². The second kappa shape index (κ2) is 6.58. The van der Waals surface area contributed by atoms with Crippen molar-refractivity contribution in [3.63, 3.8) is 0 Å². The van der Waals surface area contributed by atoms with Crippen LogP contribution in [0.3, 0.4) is 0 Å². The fourth-order valence-corrected chi connectivity index (χ4v) is 3.04. The highest BCUT2D eigenvalue weighted by Gasteiger charge is 2.12. The Kier molecular flexibility index (Phi) is 5.06. The zero-order chi connectivity index (χ0) is 13.8. The molecule has 0 aromatic heterocycles. The summed E-state index contributed by atoms with van der Waals surface area (Å²) in [7, 11) is 0. The maximum atomic E-state index is 6.08. The Morgan fingerprint density at radius 1 is 1.05 bits per heavy atom. The molecule has 0 saturated heterocycles. The number of halogens is 2. The smallest absolute Gasteiger partial charge is 0.0408 e. The molecule has 1 unspecified atom stereocenters. The standard InChI is InChI=1S/C17H18BrCl/c1-12-6-7-14(8-13(12)2)9-16(11-18)15-4-3-5-17(19)10-15/h3-8,10,16H,9,11H2,1-2H3. The van der Waals surface area contributed by atoms with Gasteiger partial charge < -0.3 is 0 Å². The molecule has 0 fully saturated rings. The first-order chi connectivity index (χ1) is 9.10. The van der Waals surface area contributed by atoms with E-state index in [1.54, 1.807) is 0 Å². The van der Waals surface area contributed by atoms with Gasteiger partial charge in [0, 0.05) is 10.4 Å². The number of alkyl halides is 1. The minimum atomic E-state index is 0.459. The van der Waals surface area contributed by atoms with E-state index in [2.05, 4.69) is 60.1 Å². The Hall–Kier alpha value is -0.790. The normalized spacial score (nSPS) is 12.4. The molecule has 2 rings (SSSR count). The molecule has 2 heteroatoms. The van der Waals surface area contributed by atoms with Crippen molar-refractivity contribution in [2.75, 3.05) is 5.33 Å². The number of rotatable bonds is 4. The SMILES string of the molecule is Cc1ccc(CC(CBr)c2cccc(Cl)c2)cc1C. The highest BCUT2D eigenvalue weighted by Crippen LogP contribution is 2.26. The Balaban J connectivity index is 2.21. The van der Waals surface area contributed by atoms with Gasteiger partial charge in [-0.3, -0.25) is 0 Å². The molecule has 0 spiro atoms. The monoisotopic (exact) mass is 336 g/mol. The van der Waals surface area contributed by atoms with Gasteiger partial charge in [-0.1, -0.05) is 57.9 Å². The number of aryl methyl sites for hydroxylation is 2. The van der Waals surface area contributed by atoms with Crippen molar-refractivity contribution in [1.29, 1.82) is 0 Å². The molecular weight excluding hydrogens is 320 g/mol. The first kappa shape index (κ1) is 14.6. The highest BCUT2D eigenvalue weighted by atomic mass is 79.9. The third kappa shape index (κ3) is 3.84. The van der Waals surface area contributed by atoms with E-state index in [0.717, 1.165) is 16.8 Å². The minimum Gasteiger partial charge on any atom is -0.0921 e. The van der Waals surface area contributed by atoms with E-state index in [1.807, 2.05) is 12.1 Å². The van der Waals surface area contributed by atoms with Crippen LogP contribution >= 0.6 is 27.5 Å². The van der Waals surface area contributed by atoms with Gasteiger partial charge in [-0.15, -0.1) is 0 Å². The van der Waals surface area contributed by atoms with Crippen molar-refractivity contribution in [3.05, 3.63) is 69.7 Å². The zero-order valence-corrected chi connectivity index (χ0v) is 13.6. The second-order valence-corrected chi connectivity index (χ2v) is 6.11. The van der Waals surface area contributed by atoms with Crippen molar-refractivity contribution < 1.29 is 0 Å². The average molecular weight is 338 g/mol. The molecule has 0 aliphatic carbocycles. The van der Waals surface area contributed by atoms with Crippen LogP contribution in [0, 0.1) is 13.8 Å². The molecular formula is C17H18BrCl. The van der Waals surface area contributed by atoms with E-state index in [-0.39, 0.29) is 0 Å². The van der Waals surface area contributed by atoms with Crippen LogP contribution in [-0.4, -0.2) is 5.33 Å². The second-order valence-electron chi connectivity index (χ2n) is 5.03. The summed E-state index contributed by atoms with van der Waals surface area (Å²) in [5, 5.41) is 1.75. The quantitative estimate of drug-likeness (QED) is 0.630. The van der Waals surface area contributed by atoms with E-state index < -0.39 is 0 Å². The van der Waals surface area contributed by atoms with Crippen molar-refractivity contribution in [2.24, 2.45) is 0 Å². The summed E-state index contributed by atoms with van der Waals surface area (Å²) < 4.78 is 0. The maximum Gasteiger partial charge on any atom is 0.0408 e. The molecule has 0 aliphatic heterocycles. The average Bonchev–Trinajstić information content (AvgIpc) is 2.40. The van der Waals surface area contributed by atoms with Crippen LogP contribution in [0.5, 0.6) is 0 Å². The molecule has 19 heavy (non-hydrogen) atoms. The lowest BCUT2D eigenvalue weighted by atomic mass is 9.92. The fourth-order valence-electron chi connectivity index (χ4n) is 2.24. The van der Waals surface area contributed by atoms with Gasteiger partial charge in [0.2, 0.25) is 0 Å². The fraction of sp³-hybridized carbons (Fsp3) is 0.294. The van der Waals surface area contributed by atoms with Crippen LogP contribution in [0.25, 0.3) is 0 Å². The van der Waals surface area contributed by atoms with Crippen LogP contribution in [0.2, 0.25) is 5.02 Å². The highest BCUT2D eigenvalue weighted by molar-refractivity contribution is 9.09. The van der Waals surface area contributed by atoms with Gasteiger partial charge in [-0.25, -0.2) is 0 Å². The molecule has 0 amide bonds. The summed E-state index contributed by atoms with van der Waals surface area (Å²) in [6.07, 6.45) is 1.03. The molecule has 0 bridgehead atoms. The maximum absolute atomic E-state index is 6.08. The van der Waals surface area contributed by atoms with Gasteiger partial charge in [0.1, 0.15) is 0 Å². The summed E-state index contributed by atoms with van der Waals surface area (Å²) in [6, 6.07) is 14.9. The molecule has 0 heterocycles. The lowest BCUT2D eigenvalue weighted by Crippen LogP contribution is -2.05. The van der Waals surface area contributed by atoms with Crippen molar-refractivity contribution >= 4 is 27.5 Å². The van der Waals surface area contributed by atoms with E-state index in [1.165, 1.54) is 22.3 Å². The molecule has 1 atom stereocenters. The first-order valence-electron chi connectivity index (χ1n) is 6.47. The zero-order valence-electron chi connectivity index (χ0n) is 11.3.